The summed E-state index contributed by atoms with van der Waals surface area (Å²) in [6, 6.07) is 18.0. The Labute approximate surface area is 186 Å². The first kappa shape index (κ1) is 22.9. The lowest BCUT2D eigenvalue weighted by Gasteiger charge is -2.45. The minimum Gasteiger partial charge on any atom is -0.444 e. The van der Waals surface area contributed by atoms with Crippen LogP contribution in [0.3, 0.4) is 0 Å². The fourth-order valence-corrected chi connectivity index (χ4v) is 4.47. The van der Waals surface area contributed by atoms with Crippen LogP contribution < -0.4 is 0 Å². The highest BCUT2D eigenvalue weighted by Gasteiger charge is 2.51. The number of carbonyl (C=O) groups excluding carboxylic acids is 2. The summed E-state index contributed by atoms with van der Waals surface area (Å²) < 4.78 is 5.55. The number of rotatable bonds is 2. The molecule has 166 valence electrons. The van der Waals surface area contributed by atoms with Gasteiger partial charge in [-0.2, -0.15) is 0 Å². The summed E-state index contributed by atoms with van der Waals surface area (Å²) >= 11 is 0. The summed E-state index contributed by atoms with van der Waals surface area (Å²) in [4.78, 5) is 29.6. The number of benzene rings is 2. The van der Waals surface area contributed by atoms with Gasteiger partial charge in [0.05, 0.1) is 5.54 Å². The van der Waals surface area contributed by atoms with E-state index in [1.54, 1.807) is 4.90 Å². The van der Waals surface area contributed by atoms with E-state index < -0.39 is 5.60 Å². The van der Waals surface area contributed by atoms with Gasteiger partial charge < -0.3 is 14.5 Å². The van der Waals surface area contributed by atoms with Gasteiger partial charge in [0.15, 0.2) is 0 Å². The number of fused-ring (bicyclic) bond motifs is 2. The van der Waals surface area contributed by atoms with Crippen LogP contribution in [0.2, 0.25) is 0 Å². The molecule has 0 radical (unpaired) electrons. The van der Waals surface area contributed by atoms with Crippen molar-refractivity contribution in [3.05, 3.63) is 71.3 Å². The summed E-state index contributed by atoms with van der Waals surface area (Å²) in [7, 11) is 0. The smallest absolute Gasteiger partial charge is 0.410 e. The number of ether oxygens (including phenoxy) is 1. The Kier molecular flexibility index (Phi) is 6.73. The van der Waals surface area contributed by atoms with Gasteiger partial charge in [0, 0.05) is 25.2 Å². The lowest BCUT2D eigenvalue weighted by atomic mass is 9.80. The Morgan fingerprint density at radius 1 is 0.968 bits per heavy atom. The third kappa shape index (κ3) is 4.60. The van der Waals surface area contributed by atoms with Gasteiger partial charge in [0.25, 0.3) is 5.91 Å². The molecule has 0 aromatic heterocycles. The van der Waals surface area contributed by atoms with E-state index in [-0.39, 0.29) is 17.5 Å². The molecule has 0 saturated carbocycles. The number of hydrogen-bond acceptors (Lipinski definition) is 3. The second-order valence-corrected chi connectivity index (χ2v) is 8.92. The van der Waals surface area contributed by atoms with Gasteiger partial charge in [-0.15, -0.1) is 0 Å². The van der Waals surface area contributed by atoms with E-state index in [0.717, 1.165) is 16.7 Å². The average Bonchev–Trinajstić information content (AvgIpc) is 2.98. The molecule has 2 heterocycles. The van der Waals surface area contributed by atoms with Crippen molar-refractivity contribution in [1.82, 2.24) is 9.80 Å². The highest BCUT2D eigenvalue weighted by Crippen LogP contribution is 2.47. The summed E-state index contributed by atoms with van der Waals surface area (Å²) in [5.74, 6) is 0.0789. The molecule has 0 aliphatic carbocycles. The van der Waals surface area contributed by atoms with Crippen molar-refractivity contribution >= 4 is 12.0 Å². The molecule has 1 fully saturated rings. The van der Waals surface area contributed by atoms with Crippen molar-refractivity contribution < 1.29 is 14.3 Å². The molecule has 2 aromatic carbocycles. The van der Waals surface area contributed by atoms with Crippen LogP contribution in [0.4, 0.5) is 4.79 Å². The number of carbonyl (C=O) groups is 2. The minimum atomic E-state index is -0.512. The Bertz CT molecular complexity index is 910. The number of hydrogen-bond donors (Lipinski definition) is 0. The number of piperidine rings is 1. The van der Waals surface area contributed by atoms with Crippen LogP contribution >= 0.6 is 0 Å². The Morgan fingerprint density at radius 2 is 1.55 bits per heavy atom. The molecule has 2 aliphatic heterocycles. The van der Waals surface area contributed by atoms with Gasteiger partial charge >= 0.3 is 6.09 Å². The molecule has 0 atom stereocenters. The first-order valence-electron chi connectivity index (χ1n) is 11.2. The van der Waals surface area contributed by atoms with E-state index in [2.05, 4.69) is 18.2 Å². The van der Waals surface area contributed by atoms with Crippen molar-refractivity contribution in [2.45, 2.75) is 65.1 Å². The van der Waals surface area contributed by atoms with Crippen molar-refractivity contribution in [1.29, 1.82) is 0 Å². The summed E-state index contributed by atoms with van der Waals surface area (Å²) in [5.41, 5.74) is 2.10. The topological polar surface area (TPSA) is 49.9 Å². The Morgan fingerprint density at radius 3 is 2.16 bits per heavy atom. The monoisotopic (exact) mass is 422 g/mol. The molecular formula is C26H34N2O3. The predicted octanol–water partition coefficient (Wildman–Crippen LogP) is 5.60. The number of nitrogens with zero attached hydrogens (tertiary/aromatic N) is 2. The van der Waals surface area contributed by atoms with Crippen molar-refractivity contribution in [3.63, 3.8) is 0 Å². The molecule has 4 rings (SSSR count). The van der Waals surface area contributed by atoms with E-state index >= 15 is 0 Å². The highest BCUT2D eigenvalue weighted by molar-refractivity contribution is 6.00. The first-order valence-corrected chi connectivity index (χ1v) is 11.2. The Balaban J connectivity index is 0.00000132. The second kappa shape index (κ2) is 9.13. The number of amides is 2. The predicted molar refractivity (Wildman–Crippen MR) is 123 cm³/mol. The molecule has 2 amide bonds. The molecule has 31 heavy (non-hydrogen) atoms. The highest BCUT2D eigenvalue weighted by atomic mass is 16.6. The van der Waals surface area contributed by atoms with Crippen LogP contribution in [-0.2, 0) is 16.8 Å². The lowest BCUT2D eigenvalue weighted by Crippen LogP contribution is -2.52. The normalized spacial score (nSPS) is 17.1. The minimum absolute atomic E-state index is 0.0789. The van der Waals surface area contributed by atoms with Crippen molar-refractivity contribution in [3.8, 4) is 0 Å². The SMILES string of the molecule is CC.CC(C)(C)OC(=O)N1CCC2(CC1)c1ccccc1C(=O)N2Cc1ccccc1. The number of likely N-dealkylation sites (tertiary alicyclic amines) is 1. The maximum Gasteiger partial charge on any atom is 0.410 e. The molecule has 0 N–H and O–H groups in total. The van der Waals surface area contributed by atoms with Gasteiger partial charge in [-0.25, -0.2) is 4.79 Å². The molecule has 5 nitrogen and oxygen atoms in total. The van der Waals surface area contributed by atoms with E-state index in [4.69, 9.17) is 4.74 Å². The third-order valence-electron chi connectivity index (χ3n) is 5.85. The van der Waals surface area contributed by atoms with Gasteiger partial charge in [0.1, 0.15) is 5.60 Å². The molecule has 2 aliphatic rings. The maximum atomic E-state index is 13.3. The van der Waals surface area contributed by atoms with Gasteiger partial charge in [-0.1, -0.05) is 62.4 Å². The van der Waals surface area contributed by atoms with Crippen LogP contribution in [0.15, 0.2) is 54.6 Å². The second-order valence-electron chi connectivity index (χ2n) is 8.92. The van der Waals surface area contributed by atoms with E-state index in [0.29, 0.717) is 32.5 Å². The summed E-state index contributed by atoms with van der Waals surface area (Å²) in [6.45, 7) is 11.3. The molecular weight excluding hydrogens is 388 g/mol. The van der Waals surface area contributed by atoms with Gasteiger partial charge in [0.2, 0.25) is 0 Å². The molecule has 2 aromatic rings. The van der Waals surface area contributed by atoms with Crippen molar-refractivity contribution in [2.75, 3.05) is 13.1 Å². The summed E-state index contributed by atoms with van der Waals surface area (Å²) in [5, 5.41) is 0. The fourth-order valence-electron chi connectivity index (χ4n) is 4.47. The Hall–Kier alpha value is -2.82. The fraction of sp³-hybridized carbons (Fsp3) is 0.462. The molecule has 0 bridgehead atoms. The summed E-state index contributed by atoms with van der Waals surface area (Å²) in [6.07, 6.45) is 1.14. The van der Waals surface area contributed by atoms with Crippen molar-refractivity contribution in [2.24, 2.45) is 0 Å². The zero-order valence-electron chi connectivity index (χ0n) is 19.4. The van der Waals surface area contributed by atoms with E-state index in [1.165, 1.54) is 0 Å². The molecule has 0 unspecified atom stereocenters. The largest absolute Gasteiger partial charge is 0.444 e. The first-order chi connectivity index (χ1) is 14.8. The molecule has 5 heteroatoms. The quantitative estimate of drug-likeness (QED) is 0.633. The third-order valence-corrected chi connectivity index (χ3v) is 5.85. The van der Waals surface area contributed by atoms with Crippen LogP contribution in [0.1, 0.15) is 68.9 Å². The van der Waals surface area contributed by atoms with E-state index in [9.17, 15) is 9.59 Å². The van der Waals surface area contributed by atoms with Crippen LogP contribution in [-0.4, -0.2) is 40.5 Å². The lowest BCUT2D eigenvalue weighted by molar-refractivity contribution is -0.00220. The standard InChI is InChI=1S/C24H28N2O3.C2H6/c1-23(2,3)29-22(28)25-15-13-24(14-16-25)20-12-8-7-11-19(20)21(27)26(24)17-18-9-5-4-6-10-18;1-2/h4-12H,13-17H2,1-3H3;1-2H3. The zero-order chi connectivity index (χ0) is 22.6. The van der Waals surface area contributed by atoms with E-state index in [1.807, 2.05) is 75.9 Å². The van der Waals surface area contributed by atoms with Gasteiger partial charge in [-0.05, 0) is 50.8 Å². The van der Waals surface area contributed by atoms with Crippen LogP contribution in [0.25, 0.3) is 0 Å². The molecule has 1 saturated heterocycles. The maximum absolute atomic E-state index is 13.3. The van der Waals surface area contributed by atoms with Crippen LogP contribution in [0.5, 0.6) is 0 Å². The van der Waals surface area contributed by atoms with Crippen LogP contribution in [0, 0.1) is 0 Å². The average molecular weight is 423 g/mol. The molecule has 1 spiro atoms. The zero-order valence-corrected chi connectivity index (χ0v) is 19.4. The van der Waals surface area contributed by atoms with Gasteiger partial charge in [-0.3, -0.25) is 4.79 Å².